The second-order valence-electron chi connectivity index (χ2n) is 17.1. The highest BCUT2D eigenvalue weighted by Crippen LogP contribution is 2.13. The van der Waals surface area contributed by atoms with E-state index >= 15 is 0 Å². The normalized spacial score (nSPS) is 13.0. The molecule has 0 aliphatic heterocycles. The maximum absolute atomic E-state index is 12.7. The van der Waals surface area contributed by atoms with Crippen LogP contribution in [0.4, 0.5) is 0 Å². The quantitative estimate of drug-likeness (QED) is 0.0262. The van der Waals surface area contributed by atoms with Crippen molar-refractivity contribution in [3.8, 4) is 0 Å². The van der Waals surface area contributed by atoms with E-state index in [2.05, 4.69) is 130 Å². The van der Waals surface area contributed by atoms with Crippen LogP contribution in [-0.2, 0) is 28.6 Å². The average molecular weight is 901 g/mol. The molecule has 6 heteroatoms. The van der Waals surface area contributed by atoms with Crippen molar-refractivity contribution >= 4 is 17.9 Å². The Morgan fingerprint density at radius 2 is 0.600 bits per heavy atom. The Balaban J connectivity index is 4.18. The van der Waals surface area contributed by atoms with Gasteiger partial charge in [0.1, 0.15) is 13.2 Å². The summed E-state index contributed by atoms with van der Waals surface area (Å²) in [7, 11) is 0. The number of rotatable bonds is 46. The summed E-state index contributed by atoms with van der Waals surface area (Å²) >= 11 is 0. The lowest BCUT2D eigenvalue weighted by Gasteiger charge is -2.18. The molecule has 0 amide bonds. The van der Waals surface area contributed by atoms with Crippen molar-refractivity contribution in [3.05, 3.63) is 109 Å². The molecule has 0 fully saturated rings. The molecule has 0 N–H and O–H groups in total. The number of unbranched alkanes of at least 4 members (excludes halogenated alkanes) is 17. The summed E-state index contributed by atoms with van der Waals surface area (Å²) in [6.07, 6.45) is 71.2. The molecule has 0 radical (unpaired) electrons. The van der Waals surface area contributed by atoms with E-state index in [0.29, 0.717) is 19.3 Å². The maximum Gasteiger partial charge on any atom is 0.306 e. The van der Waals surface area contributed by atoms with Gasteiger partial charge < -0.3 is 14.2 Å². The molecule has 1 unspecified atom stereocenters. The van der Waals surface area contributed by atoms with Crippen molar-refractivity contribution in [2.45, 2.75) is 232 Å². The standard InChI is InChI=1S/C59H96O6/c1-4-7-10-13-15-17-19-21-22-23-24-25-26-27-28-29-30-31-32-33-34-35-36-38-39-41-43-46-49-52-58(61)64-55-56(54-63-57(60)51-48-45-12-9-6-3)65-59(62)53-50-47-44-42-40-37-20-18-16-14-11-8-5-2/h7,10,15,17-18,20-22,24-25,27-28,30-31,33-34,36,38,56H,4-6,8-9,11-14,16,19,23,26,29,32,35,37,39-55H2,1-3H3/b10-7-,17-15-,20-18-,22-21-,25-24-,28-27-,31-30-,34-33-,38-36-. The van der Waals surface area contributed by atoms with Crippen molar-refractivity contribution in [2.24, 2.45) is 0 Å². The van der Waals surface area contributed by atoms with Gasteiger partial charge in [-0.25, -0.2) is 0 Å². The molecule has 6 nitrogen and oxygen atoms in total. The molecule has 0 aromatic heterocycles. The van der Waals surface area contributed by atoms with Crippen LogP contribution in [0.15, 0.2) is 109 Å². The van der Waals surface area contributed by atoms with Crippen molar-refractivity contribution in [2.75, 3.05) is 13.2 Å². The van der Waals surface area contributed by atoms with Gasteiger partial charge in [-0.3, -0.25) is 14.4 Å². The van der Waals surface area contributed by atoms with Gasteiger partial charge in [0, 0.05) is 19.3 Å². The van der Waals surface area contributed by atoms with Crippen molar-refractivity contribution < 1.29 is 28.6 Å². The minimum atomic E-state index is -0.789. The van der Waals surface area contributed by atoms with Crippen molar-refractivity contribution in [1.82, 2.24) is 0 Å². The van der Waals surface area contributed by atoms with Crippen LogP contribution in [0, 0.1) is 0 Å². The van der Waals surface area contributed by atoms with Crippen LogP contribution in [0.2, 0.25) is 0 Å². The Morgan fingerprint density at radius 1 is 0.323 bits per heavy atom. The first-order chi connectivity index (χ1) is 32.0. The zero-order valence-electron chi connectivity index (χ0n) is 42.0. The number of carbonyl (C=O) groups excluding carboxylic acids is 3. The minimum Gasteiger partial charge on any atom is -0.462 e. The third-order valence-electron chi connectivity index (χ3n) is 10.8. The van der Waals surface area contributed by atoms with E-state index in [1.165, 1.54) is 38.5 Å². The third-order valence-corrected chi connectivity index (χ3v) is 10.8. The van der Waals surface area contributed by atoms with Gasteiger partial charge in [-0.05, 0) is 109 Å². The predicted molar refractivity (Wildman–Crippen MR) is 279 cm³/mol. The largest absolute Gasteiger partial charge is 0.462 e. The molecule has 368 valence electrons. The van der Waals surface area contributed by atoms with Gasteiger partial charge in [-0.2, -0.15) is 0 Å². The van der Waals surface area contributed by atoms with Gasteiger partial charge >= 0.3 is 17.9 Å². The molecule has 0 rings (SSSR count). The Morgan fingerprint density at radius 3 is 0.969 bits per heavy atom. The molecule has 0 saturated carbocycles. The lowest BCUT2D eigenvalue weighted by atomic mass is 10.1. The summed E-state index contributed by atoms with van der Waals surface area (Å²) in [5.41, 5.74) is 0. The van der Waals surface area contributed by atoms with Gasteiger partial charge in [0.25, 0.3) is 0 Å². The first kappa shape index (κ1) is 61.1. The van der Waals surface area contributed by atoms with Crippen molar-refractivity contribution in [1.29, 1.82) is 0 Å². The summed E-state index contributed by atoms with van der Waals surface area (Å²) < 4.78 is 16.6. The summed E-state index contributed by atoms with van der Waals surface area (Å²) in [5, 5.41) is 0. The Bertz CT molecular complexity index is 1360. The van der Waals surface area contributed by atoms with E-state index in [-0.39, 0.29) is 31.1 Å². The molecule has 0 bridgehead atoms. The minimum absolute atomic E-state index is 0.0915. The van der Waals surface area contributed by atoms with E-state index in [4.69, 9.17) is 14.2 Å². The van der Waals surface area contributed by atoms with Gasteiger partial charge in [-0.1, -0.05) is 207 Å². The molecular weight excluding hydrogens is 805 g/mol. The fourth-order valence-electron chi connectivity index (χ4n) is 6.80. The highest BCUT2D eigenvalue weighted by Gasteiger charge is 2.19. The third kappa shape index (κ3) is 50.9. The number of esters is 3. The molecule has 0 aromatic rings. The van der Waals surface area contributed by atoms with E-state index < -0.39 is 6.10 Å². The Kier molecular flexibility index (Phi) is 49.5. The van der Waals surface area contributed by atoms with E-state index in [1.807, 2.05) is 0 Å². The molecule has 0 heterocycles. The zero-order chi connectivity index (χ0) is 47.2. The molecule has 65 heavy (non-hydrogen) atoms. The number of allylic oxidation sites excluding steroid dienone is 18. The number of carbonyl (C=O) groups is 3. The SMILES string of the molecule is CC/C=C\C/C=C\C/C=C\C/C=C\C/C=C\C/C=C\C/C=C\C/C=C\CCCCCCC(=O)OCC(COC(=O)CCCCCCC)OC(=O)CCCCCCC/C=C\CCCCCC. The van der Waals surface area contributed by atoms with Crippen LogP contribution in [0.1, 0.15) is 226 Å². The monoisotopic (exact) mass is 901 g/mol. The van der Waals surface area contributed by atoms with E-state index in [1.54, 1.807) is 0 Å². The number of hydrogen-bond donors (Lipinski definition) is 0. The zero-order valence-corrected chi connectivity index (χ0v) is 42.0. The smallest absolute Gasteiger partial charge is 0.306 e. The van der Waals surface area contributed by atoms with Crippen LogP contribution < -0.4 is 0 Å². The van der Waals surface area contributed by atoms with Crippen LogP contribution in [0.5, 0.6) is 0 Å². The number of hydrogen-bond acceptors (Lipinski definition) is 6. The summed E-state index contributed by atoms with van der Waals surface area (Å²) in [5.74, 6) is -0.947. The van der Waals surface area contributed by atoms with E-state index in [0.717, 1.165) is 148 Å². The Labute approximate surface area is 400 Å². The van der Waals surface area contributed by atoms with Crippen LogP contribution in [-0.4, -0.2) is 37.2 Å². The van der Waals surface area contributed by atoms with Crippen LogP contribution in [0.3, 0.4) is 0 Å². The predicted octanol–water partition coefficient (Wildman–Crippen LogP) is 17.5. The highest BCUT2D eigenvalue weighted by molar-refractivity contribution is 5.71. The molecule has 0 aliphatic rings. The Hall–Kier alpha value is -3.93. The number of ether oxygens (including phenoxy) is 3. The summed E-state index contributed by atoms with van der Waals surface area (Å²) in [6, 6.07) is 0. The van der Waals surface area contributed by atoms with Crippen LogP contribution >= 0.6 is 0 Å². The molecule has 0 aliphatic carbocycles. The summed E-state index contributed by atoms with van der Waals surface area (Å²) in [4.78, 5) is 37.6. The fraction of sp³-hybridized carbons (Fsp3) is 0.644. The molecule has 0 spiro atoms. The molecule has 0 saturated heterocycles. The summed E-state index contributed by atoms with van der Waals surface area (Å²) in [6.45, 7) is 6.38. The first-order valence-electron chi connectivity index (χ1n) is 26.4. The van der Waals surface area contributed by atoms with Gasteiger partial charge in [0.2, 0.25) is 0 Å². The lowest BCUT2D eigenvalue weighted by Crippen LogP contribution is -2.30. The van der Waals surface area contributed by atoms with Crippen molar-refractivity contribution in [3.63, 3.8) is 0 Å². The first-order valence-corrected chi connectivity index (χ1v) is 26.4. The molecule has 1 atom stereocenters. The average Bonchev–Trinajstić information content (AvgIpc) is 3.30. The van der Waals surface area contributed by atoms with Crippen LogP contribution in [0.25, 0.3) is 0 Å². The topological polar surface area (TPSA) is 78.9 Å². The maximum atomic E-state index is 12.7. The fourth-order valence-corrected chi connectivity index (χ4v) is 6.80. The van der Waals surface area contributed by atoms with Gasteiger partial charge in [0.05, 0.1) is 0 Å². The van der Waals surface area contributed by atoms with E-state index in [9.17, 15) is 14.4 Å². The molecular formula is C59H96O6. The van der Waals surface area contributed by atoms with Gasteiger partial charge in [-0.15, -0.1) is 0 Å². The molecule has 0 aromatic carbocycles. The second-order valence-corrected chi connectivity index (χ2v) is 17.1. The second kappa shape index (κ2) is 52.7. The highest BCUT2D eigenvalue weighted by atomic mass is 16.6. The van der Waals surface area contributed by atoms with Gasteiger partial charge in [0.15, 0.2) is 6.10 Å². The lowest BCUT2D eigenvalue weighted by molar-refractivity contribution is -0.167.